The number of carbonyl (C=O) groups excluding carboxylic acids is 1. The maximum Gasteiger partial charge on any atom is 0.228 e. The van der Waals surface area contributed by atoms with Crippen molar-refractivity contribution in [3.8, 4) is 0 Å². The number of benzene rings is 1. The summed E-state index contributed by atoms with van der Waals surface area (Å²) in [7, 11) is 0. The Morgan fingerprint density at radius 2 is 2.33 bits per heavy atom. The molecule has 0 atom stereocenters. The molecule has 1 aliphatic heterocycles. The highest BCUT2D eigenvalue weighted by atomic mass is 16.1. The lowest BCUT2D eigenvalue weighted by atomic mass is 10.1. The maximum atomic E-state index is 11.0. The third-order valence-electron chi connectivity index (χ3n) is 2.02. The summed E-state index contributed by atoms with van der Waals surface area (Å²) in [6, 6.07) is 5.84. The number of anilines is 1. The molecule has 0 spiro atoms. The van der Waals surface area contributed by atoms with Crippen LogP contribution in [0, 0.1) is 0 Å². The van der Waals surface area contributed by atoms with Gasteiger partial charge in [0.1, 0.15) is 0 Å². The molecule has 0 fully saturated rings. The summed E-state index contributed by atoms with van der Waals surface area (Å²) >= 11 is 0. The zero-order valence-corrected chi connectivity index (χ0v) is 6.63. The number of carbonyl (C=O) groups is 1. The van der Waals surface area contributed by atoms with E-state index in [1.807, 2.05) is 18.2 Å². The highest BCUT2D eigenvalue weighted by molar-refractivity contribution is 6.01. The Morgan fingerprint density at radius 1 is 1.50 bits per heavy atom. The predicted octanol–water partition coefficient (Wildman–Crippen LogP) is 1.82. The topological polar surface area (TPSA) is 29.1 Å². The van der Waals surface area contributed by atoms with Gasteiger partial charge in [0, 0.05) is 0 Å². The fourth-order valence-electron chi connectivity index (χ4n) is 1.45. The molecule has 2 nitrogen and oxygen atoms in total. The number of amides is 1. The Morgan fingerprint density at radius 3 is 3.08 bits per heavy atom. The SMILES string of the molecule is C=Cc1cccc2c1NC(=O)C2. The molecule has 1 aromatic carbocycles. The van der Waals surface area contributed by atoms with Gasteiger partial charge < -0.3 is 5.32 Å². The second kappa shape index (κ2) is 2.48. The van der Waals surface area contributed by atoms with Crippen molar-refractivity contribution in [3.05, 3.63) is 35.9 Å². The van der Waals surface area contributed by atoms with Gasteiger partial charge in [-0.05, 0) is 11.1 Å². The van der Waals surface area contributed by atoms with E-state index in [-0.39, 0.29) is 5.91 Å². The van der Waals surface area contributed by atoms with E-state index in [1.54, 1.807) is 6.08 Å². The van der Waals surface area contributed by atoms with Crippen molar-refractivity contribution < 1.29 is 4.79 Å². The summed E-state index contributed by atoms with van der Waals surface area (Å²) < 4.78 is 0. The van der Waals surface area contributed by atoms with Crippen LogP contribution >= 0.6 is 0 Å². The highest BCUT2D eigenvalue weighted by Crippen LogP contribution is 2.27. The van der Waals surface area contributed by atoms with Gasteiger partial charge in [-0.1, -0.05) is 30.9 Å². The molecule has 0 saturated heterocycles. The molecule has 2 heteroatoms. The van der Waals surface area contributed by atoms with E-state index in [4.69, 9.17) is 0 Å². The van der Waals surface area contributed by atoms with Gasteiger partial charge in [0.15, 0.2) is 0 Å². The summed E-state index contributed by atoms with van der Waals surface area (Å²) in [6.45, 7) is 3.68. The average molecular weight is 159 g/mol. The van der Waals surface area contributed by atoms with E-state index in [9.17, 15) is 4.79 Å². The molecule has 12 heavy (non-hydrogen) atoms. The summed E-state index contributed by atoms with van der Waals surface area (Å²) in [5, 5.41) is 2.81. The van der Waals surface area contributed by atoms with Crippen LogP contribution in [0.1, 0.15) is 11.1 Å². The minimum absolute atomic E-state index is 0.0688. The largest absolute Gasteiger partial charge is 0.325 e. The Balaban J connectivity index is 2.58. The first-order valence-electron chi connectivity index (χ1n) is 3.85. The van der Waals surface area contributed by atoms with Crippen molar-refractivity contribution in [2.24, 2.45) is 0 Å². The molecule has 1 amide bonds. The quantitative estimate of drug-likeness (QED) is 0.665. The van der Waals surface area contributed by atoms with Crippen LogP contribution in [0.3, 0.4) is 0 Å². The molecule has 0 aromatic heterocycles. The molecule has 0 radical (unpaired) electrons. The Kier molecular flexibility index (Phi) is 1.47. The monoisotopic (exact) mass is 159 g/mol. The Hall–Kier alpha value is -1.57. The van der Waals surface area contributed by atoms with Crippen LogP contribution < -0.4 is 5.32 Å². The average Bonchev–Trinajstić information content (AvgIpc) is 2.44. The van der Waals surface area contributed by atoms with Crippen LogP contribution in [0.15, 0.2) is 24.8 Å². The molecular weight excluding hydrogens is 150 g/mol. The first-order valence-corrected chi connectivity index (χ1v) is 3.85. The first kappa shape index (κ1) is 7.10. The lowest BCUT2D eigenvalue weighted by molar-refractivity contribution is -0.115. The third kappa shape index (κ3) is 0.925. The zero-order valence-electron chi connectivity index (χ0n) is 6.63. The lowest BCUT2D eigenvalue weighted by Gasteiger charge is -2.01. The summed E-state index contributed by atoms with van der Waals surface area (Å²) in [5.41, 5.74) is 2.99. The molecule has 1 N–H and O–H groups in total. The third-order valence-corrected chi connectivity index (χ3v) is 2.02. The molecular formula is C10H9NO. The summed E-state index contributed by atoms with van der Waals surface area (Å²) in [5.74, 6) is 0.0688. The van der Waals surface area contributed by atoms with Crippen LogP contribution in [0.4, 0.5) is 5.69 Å². The van der Waals surface area contributed by atoms with Crippen LogP contribution in [0.2, 0.25) is 0 Å². The molecule has 1 aliphatic rings. The molecule has 0 saturated carbocycles. The Bertz CT molecular complexity index is 355. The van der Waals surface area contributed by atoms with E-state index >= 15 is 0 Å². The van der Waals surface area contributed by atoms with Gasteiger partial charge in [0.2, 0.25) is 5.91 Å². The van der Waals surface area contributed by atoms with Crippen LogP contribution in [-0.2, 0) is 11.2 Å². The minimum atomic E-state index is 0.0688. The van der Waals surface area contributed by atoms with Crippen molar-refractivity contribution in [2.45, 2.75) is 6.42 Å². The number of hydrogen-bond donors (Lipinski definition) is 1. The van der Waals surface area contributed by atoms with E-state index in [1.165, 1.54) is 0 Å². The van der Waals surface area contributed by atoms with Gasteiger partial charge in [-0.25, -0.2) is 0 Å². The summed E-state index contributed by atoms with van der Waals surface area (Å²) in [6.07, 6.45) is 2.25. The lowest BCUT2D eigenvalue weighted by Crippen LogP contribution is -2.04. The smallest absolute Gasteiger partial charge is 0.228 e. The van der Waals surface area contributed by atoms with Gasteiger partial charge in [-0.15, -0.1) is 0 Å². The van der Waals surface area contributed by atoms with Gasteiger partial charge in [0.25, 0.3) is 0 Å². The van der Waals surface area contributed by atoms with Crippen molar-refractivity contribution in [2.75, 3.05) is 5.32 Å². The molecule has 0 aliphatic carbocycles. The minimum Gasteiger partial charge on any atom is -0.325 e. The molecule has 2 rings (SSSR count). The van der Waals surface area contributed by atoms with Crippen LogP contribution in [-0.4, -0.2) is 5.91 Å². The molecule has 1 aromatic rings. The number of para-hydroxylation sites is 1. The fourth-order valence-corrected chi connectivity index (χ4v) is 1.45. The van der Waals surface area contributed by atoms with E-state index in [0.717, 1.165) is 16.8 Å². The van der Waals surface area contributed by atoms with Crippen LogP contribution in [0.25, 0.3) is 6.08 Å². The second-order valence-corrected chi connectivity index (χ2v) is 2.81. The molecule has 1 heterocycles. The van der Waals surface area contributed by atoms with Gasteiger partial charge >= 0.3 is 0 Å². The van der Waals surface area contributed by atoms with Crippen LogP contribution in [0.5, 0.6) is 0 Å². The molecule has 0 unspecified atom stereocenters. The predicted molar refractivity (Wildman–Crippen MR) is 48.9 cm³/mol. The number of nitrogens with one attached hydrogen (secondary N) is 1. The summed E-state index contributed by atoms with van der Waals surface area (Å²) in [4.78, 5) is 11.0. The Labute approximate surface area is 70.9 Å². The second-order valence-electron chi connectivity index (χ2n) is 2.81. The van der Waals surface area contributed by atoms with E-state index in [0.29, 0.717) is 6.42 Å². The van der Waals surface area contributed by atoms with E-state index in [2.05, 4.69) is 11.9 Å². The van der Waals surface area contributed by atoms with Crippen molar-refractivity contribution >= 4 is 17.7 Å². The molecule has 60 valence electrons. The van der Waals surface area contributed by atoms with Gasteiger partial charge in [-0.2, -0.15) is 0 Å². The molecule has 0 bridgehead atoms. The highest BCUT2D eigenvalue weighted by Gasteiger charge is 2.18. The number of rotatable bonds is 1. The van der Waals surface area contributed by atoms with Crippen molar-refractivity contribution in [1.29, 1.82) is 0 Å². The first-order chi connectivity index (χ1) is 5.81. The van der Waals surface area contributed by atoms with E-state index < -0.39 is 0 Å². The van der Waals surface area contributed by atoms with Crippen molar-refractivity contribution in [3.63, 3.8) is 0 Å². The fraction of sp³-hybridized carbons (Fsp3) is 0.100. The zero-order chi connectivity index (χ0) is 8.55. The number of fused-ring (bicyclic) bond motifs is 1. The van der Waals surface area contributed by atoms with Gasteiger partial charge in [0.05, 0.1) is 12.1 Å². The standard InChI is InChI=1S/C10H9NO/c1-2-7-4-3-5-8-6-9(12)11-10(7)8/h2-5H,1,6H2,(H,11,12). The van der Waals surface area contributed by atoms with Crippen molar-refractivity contribution in [1.82, 2.24) is 0 Å². The number of hydrogen-bond acceptors (Lipinski definition) is 1. The normalized spacial score (nSPS) is 13.8. The van der Waals surface area contributed by atoms with Gasteiger partial charge in [-0.3, -0.25) is 4.79 Å². The maximum absolute atomic E-state index is 11.0.